The predicted molar refractivity (Wildman–Crippen MR) is 137 cm³/mol. The third-order valence-corrected chi connectivity index (χ3v) is 8.80. The third kappa shape index (κ3) is 3.10. The first-order chi connectivity index (χ1) is 18.0. The van der Waals surface area contributed by atoms with Crippen LogP contribution in [0.25, 0.3) is 0 Å². The molecule has 38 heavy (non-hydrogen) atoms. The van der Waals surface area contributed by atoms with E-state index in [2.05, 4.69) is 0 Å². The number of fused-ring (bicyclic) bond motifs is 4. The average molecular weight is 559 g/mol. The molecule has 2 amide bonds. The number of amides is 2. The topological polar surface area (TPSA) is 107 Å². The van der Waals surface area contributed by atoms with E-state index in [9.17, 15) is 28.7 Å². The maximum Gasteiger partial charge on any atom is 0.347 e. The smallest absolute Gasteiger partial charge is 0.347 e. The van der Waals surface area contributed by atoms with Crippen LogP contribution in [0.3, 0.4) is 0 Å². The quantitative estimate of drug-likeness (QED) is 0.383. The van der Waals surface area contributed by atoms with E-state index in [1.165, 1.54) is 40.7 Å². The normalized spacial score (nSPS) is 26.2. The molecule has 0 bridgehead atoms. The van der Waals surface area contributed by atoms with Crippen molar-refractivity contribution in [3.8, 4) is 5.75 Å². The summed E-state index contributed by atoms with van der Waals surface area (Å²) >= 11 is 12.6. The Morgan fingerprint density at radius 2 is 1.76 bits per heavy atom. The fraction of sp³-hybridized carbons (Fsp3) is 0.308. The Morgan fingerprint density at radius 3 is 2.45 bits per heavy atom. The molecule has 9 nitrogen and oxygen atoms in total. The lowest BCUT2D eigenvalue weighted by Crippen LogP contribution is -2.49. The molecule has 1 N–H and O–H groups in total. The number of nitrogens with zero attached hydrogens (tertiary/aromatic N) is 4. The molecule has 1 aromatic heterocycles. The molecule has 1 saturated heterocycles. The Kier molecular flexibility index (Phi) is 5.32. The van der Waals surface area contributed by atoms with Crippen molar-refractivity contribution in [2.24, 2.45) is 18.4 Å². The van der Waals surface area contributed by atoms with Gasteiger partial charge in [-0.25, -0.2) is 32.8 Å². The molecular formula is C26H21Cl2FN4O5. The number of halogens is 3. The number of rotatable bonds is 2. The number of phenols is 1. The van der Waals surface area contributed by atoms with Crippen molar-refractivity contribution in [2.45, 2.75) is 31.8 Å². The molecule has 2 fully saturated rings. The first kappa shape index (κ1) is 24.7. The highest BCUT2D eigenvalue weighted by atomic mass is 35.5. The van der Waals surface area contributed by atoms with E-state index in [0.717, 1.165) is 15.5 Å². The summed E-state index contributed by atoms with van der Waals surface area (Å²) in [6.45, 7) is 1.77. The minimum Gasteiger partial charge on any atom is -0.508 e. The number of carbonyl (C=O) groups excluding carboxylic acids is 2. The lowest BCUT2D eigenvalue weighted by molar-refractivity contribution is -0.129. The number of allylic oxidation sites excluding steroid dienone is 2. The van der Waals surface area contributed by atoms with Crippen LogP contribution in [-0.4, -0.2) is 30.9 Å². The Hall–Kier alpha value is -3.63. The van der Waals surface area contributed by atoms with Crippen LogP contribution in [-0.2, 0) is 23.2 Å². The van der Waals surface area contributed by atoms with Crippen LogP contribution in [0.2, 0.25) is 10.0 Å². The van der Waals surface area contributed by atoms with Crippen molar-refractivity contribution >= 4 is 40.7 Å². The van der Waals surface area contributed by atoms with Crippen LogP contribution in [0.15, 0.2) is 57.6 Å². The van der Waals surface area contributed by atoms with Crippen LogP contribution < -0.4 is 16.3 Å². The molecule has 0 spiro atoms. The molecule has 1 saturated carbocycles. The first-order valence-corrected chi connectivity index (χ1v) is 12.6. The van der Waals surface area contributed by atoms with Gasteiger partial charge in [-0.2, -0.15) is 0 Å². The molecule has 196 valence electrons. The SMILES string of the molecule is Cn1c(=O)n2n(c1=O)[C@@H]1C[C@H]3C(=O)N(c4ccc(F)c(Cl)c4)C(=O)[C@@]3(C)[C@@H](c3ccc(O)cc3Cl)C1=CC2. The van der Waals surface area contributed by atoms with E-state index in [1.54, 1.807) is 19.1 Å². The molecule has 0 unspecified atom stereocenters. The molecule has 3 heterocycles. The van der Waals surface area contributed by atoms with Crippen molar-refractivity contribution in [3.05, 3.63) is 90.4 Å². The maximum atomic E-state index is 14.2. The van der Waals surface area contributed by atoms with Crippen LogP contribution in [0.5, 0.6) is 5.75 Å². The van der Waals surface area contributed by atoms with Crippen LogP contribution in [0.4, 0.5) is 10.1 Å². The summed E-state index contributed by atoms with van der Waals surface area (Å²) in [4.78, 5) is 55.0. The zero-order chi connectivity index (χ0) is 27.3. The second-order valence-corrected chi connectivity index (χ2v) is 10.9. The van der Waals surface area contributed by atoms with Gasteiger partial charge in [0.1, 0.15) is 11.6 Å². The van der Waals surface area contributed by atoms with Crippen LogP contribution >= 0.6 is 23.2 Å². The van der Waals surface area contributed by atoms with E-state index < -0.39 is 52.3 Å². The van der Waals surface area contributed by atoms with E-state index in [1.807, 2.05) is 0 Å². The highest BCUT2D eigenvalue weighted by Gasteiger charge is 2.65. The number of carbonyl (C=O) groups is 2. The Labute approximate surface area is 224 Å². The van der Waals surface area contributed by atoms with Gasteiger partial charge >= 0.3 is 11.4 Å². The van der Waals surface area contributed by atoms with Crippen molar-refractivity contribution in [1.29, 1.82) is 0 Å². The van der Waals surface area contributed by atoms with Gasteiger partial charge in [0, 0.05) is 18.0 Å². The zero-order valence-corrected chi connectivity index (χ0v) is 21.7. The molecule has 3 aliphatic rings. The number of aromatic nitrogens is 3. The summed E-state index contributed by atoms with van der Waals surface area (Å²) in [7, 11) is 1.38. The highest BCUT2D eigenvalue weighted by molar-refractivity contribution is 6.32. The molecule has 1 aliphatic carbocycles. The average Bonchev–Trinajstić information content (AvgIpc) is 3.21. The van der Waals surface area contributed by atoms with E-state index in [4.69, 9.17) is 23.2 Å². The van der Waals surface area contributed by atoms with Gasteiger partial charge in [0.2, 0.25) is 11.8 Å². The van der Waals surface area contributed by atoms with Crippen molar-refractivity contribution in [3.63, 3.8) is 0 Å². The van der Waals surface area contributed by atoms with Gasteiger partial charge < -0.3 is 5.11 Å². The van der Waals surface area contributed by atoms with Crippen LogP contribution in [0, 0.1) is 17.2 Å². The number of imide groups is 1. The molecule has 4 atom stereocenters. The standard InChI is InChI=1S/C26H21Cl2FN4O5/c1-26-16(22(35)32(23(26)36)12-3-6-19(29)18(28)9-12)11-20-15(21(26)14-5-4-13(34)10-17(14)27)7-8-31-24(37)30(2)25(38)33(20)31/h3-7,9-10,16,20-21,34H,8,11H2,1-2H3/t16-,20+,21-,26+/m0/s1. The molecule has 2 aromatic carbocycles. The number of aromatic hydroxyl groups is 1. The number of phenolic OH excluding ortho intramolecular Hbond substituents is 1. The third-order valence-electron chi connectivity index (χ3n) is 8.19. The minimum absolute atomic E-state index is 0.0741. The number of hydrogen-bond donors (Lipinski definition) is 1. The predicted octanol–water partition coefficient (Wildman–Crippen LogP) is 3.36. The van der Waals surface area contributed by atoms with Crippen molar-refractivity contribution in [2.75, 3.05) is 4.90 Å². The summed E-state index contributed by atoms with van der Waals surface area (Å²) in [5.74, 6) is -3.49. The molecule has 0 radical (unpaired) electrons. The summed E-state index contributed by atoms with van der Waals surface area (Å²) in [6.07, 6.45) is 1.88. The van der Waals surface area contributed by atoms with Gasteiger partial charge in [0.25, 0.3) is 0 Å². The first-order valence-electron chi connectivity index (χ1n) is 11.9. The lowest BCUT2D eigenvalue weighted by Gasteiger charge is -2.47. The van der Waals surface area contributed by atoms with Gasteiger partial charge in [0.05, 0.1) is 34.6 Å². The second-order valence-electron chi connectivity index (χ2n) is 10.1. The number of anilines is 1. The minimum atomic E-state index is -1.35. The van der Waals surface area contributed by atoms with E-state index in [0.29, 0.717) is 11.1 Å². The van der Waals surface area contributed by atoms with Gasteiger partial charge in [-0.3, -0.25) is 9.59 Å². The molecule has 2 aliphatic heterocycles. The molecule has 12 heteroatoms. The Morgan fingerprint density at radius 1 is 1.03 bits per heavy atom. The molecule has 6 rings (SSSR count). The fourth-order valence-corrected chi connectivity index (χ4v) is 6.81. The van der Waals surface area contributed by atoms with E-state index in [-0.39, 0.29) is 34.4 Å². The Bertz CT molecular complexity index is 1720. The Balaban J connectivity index is 1.59. The maximum absolute atomic E-state index is 14.2. The van der Waals surface area contributed by atoms with Gasteiger partial charge in [-0.15, -0.1) is 0 Å². The van der Waals surface area contributed by atoms with Gasteiger partial charge in [-0.05, 0) is 54.8 Å². The van der Waals surface area contributed by atoms with Crippen molar-refractivity contribution in [1.82, 2.24) is 13.9 Å². The van der Waals surface area contributed by atoms with Crippen LogP contribution in [0.1, 0.15) is 30.9 Å². The lowest BCUT2D eigenvalue weighted by atomic mass is 9.56. The fourth-order valence-electron chi connectivity index (χ4n) is 6.35. The van der Waals surface area contributed by atoms with Gasteiger partial charge in [0.15, 0.2) is 0 Å². The number of benzene rings is 2. The largest absolute Gasteiger partial charge is 0.508 e. The van der Waals surface area contributed by atoms with Crippen molar-refractivity contribution < 1.29 is 19.1 Å². The van der Waals surface area contributed by atoms with E-state index >= 15 is 0 Å². The second kappa shape index (κ2) is 8.18. The number of hydrogen-bond acceptors (Lipinski definition) is 5. The molecular weight excluding hydrogens is 538 g/mol. The summed E-state index contributed by atoms with van der Waals surface area (Å²) in [5, 5.41) is 9.94. The zero-order valence-electron chi connectivity index (χ0n) is 20.2. The highest BCUT2D eigenvalue weighted by Crippen LogP contribution is 2.62. The molecule has 3 aromatic rings. The van der Waals surface area contributed by atoms with Gasteiger partial charge in [-0.1, -0.05) is 35.3 Å². The monoisotopic (exact) mass is 558 g/mol. The summed E-state index contributed by atoms with van der Waals surface area (Å²) in [5.41, 5.74) is -1.08. The summed E-state index contributed by atoms with van der Waals surface area (Å²) in [6, 6.07) is 7.31. The summed E-state index contributed by atoms with van der Waals surface area (Å²) < 4.78 is 17.6.